The van der Waals surface area contributed by atoms with Crippen LogP contribution in [0.2, 0.25) is 0 Å². The number of ether oxygens (including phenoxy) is 2. The van der Waals surface area contributed by atoms with E-state index in [1.807, 2.05) is 29.6 Å². The van der Waals surface area contributed by atoms with E-state index in [1.165, 1.54) is 16.9 Å². The summed E-state index contributed by atoms with van der Waals surface area (Å²) in [6.45, 7) is 2.05. The topological polar surface area (TPSA) is 55.1 Å². The number of rotatable bonds is 5. The van der Waals surface area contributed by atoms with Crippen molar-refractivity contribution in [1.29, 1.82) is 5.26 Å². The molecule has 0 atom stereocenters. The zero-order valence-electron chi connectivity index (χ0n) is 14.8. The number of hydrogen-bond acceptors (Lipinski definition) is 5. The van der Waals surface area contributed by atoms with E-state index in [1.54, 1.807) is 26.4 Å². The van der Waals surface area contributed by atoms with Crippen molar-refractivity contribution in [1.82, 2.24) is 4.98 Å². The molecule has 3 aromatic rings. The highest BCUT2D eigenvalue weighted by Gasteiger charge is 2.11. The lowest BCUT2D eigenvalue weighted by Gasteiger charge is -2.07. The summed E-state index contributed by atoms with van der Waals surface area (Å²) in [5.74, 6) is 1.35. The predicted molar refractivity (Wildman–Crippen MR) is 105 cm³/mol. The molecular weight excluding hydrogens is 344 g/mol. The summed E-state index contributed by atoms with van der Waals surface area (Å²) in [6.07, 6.45) is 1.79. The van der Waals surface area contributed by atoms with Gasteiger partial charge in [0.25, 0.3) is 0 Å². The molecule has 4 nitrogen and oxygen atoms in total. The van der Waals surface area contributed by atoms with Crippen molar-refractivity contribution in [3.8, 4) is 28.8 Å². The maximum atomic E-state index is 9.60. The summed E-state index contributed by atoms with van der Waals surface area (Å²) >= 11 is 1.45. The van der Waals surface area contributed by atoms with Crippen molar-refractivity contribution < 1.29 is 9.47 Å². The van der Waals surface area contributed by atoms with Crippen molar-refractivity contribution >= 4 is 23.0 Å². The minimum absolute atomic E-state index is 0.497. The molecule has 0 spiro atoms. The number of benzene rings is 2. The molecule has 0 bridgehead atoms. The molecule has 0 aliphatic heterocycles. The summed E-state index contributed by atoms with van der Waals surface area (Å²) in [5.41, 5.74) is 4.41. The van der Waals surface area contributed by atoms with Gasteiger partial charge in [0.15, 0.2) is 0 Å². The lowest BCUT2D eigenvalue weighted by molar-refractivity contribution is 0.394. The Hall–Kier alpha value is -3.10. The third-order valence-electron chi connectivity index (χ3n) is 3.94. The first kappa shape index (κ1) is 17.7. The van der Waals surface area contributed by atoms with E-state index in [9.17, 15) is 5.26 Å². The Kier molecular flexibility index (Phi) is 5.35. The summed E-state index contributed by atoms with van der Waals surface area (Å²) in [6, 6.07) is 15.9. The third kappa shape index (κ3) is 3.76. The Balaban J connectivity index is 1.96. The maximum absolute atomic E-state index is 9.60. The first-order valence-corrected chi connectivity index (χ1v) is 8.89. The van der Waals surface area contributed by atoms with Gasteiger partial charge in [0, 0.05) is 22.6 Å². The summed E-state index contributed by atoms with van der Waals surface area (Å²) in [4.78, 5) is 4.63. The smallest absolute Gasteiger partial charge is 0.134 e. The van der Waals surface area contributed by atoms with Gasteiger partial charge in [-0.25, -0.2) is 4.98 Å². The molecule has 0 radical (unpaired) electrons. The lowest BCUT2D eigenvalue weighted by Crippen LogP contribution is -1.90. The molecule has 2 aromatic carbocycles. The molecule has 1 aromatic heterocycles. The van der Waals surface area contributed by atoms with Crippen LogP contribution in [0.15, 0.2) is 47.8 Å². The standard InChI is InChI=1S/C21H18N2O2S/c1-14-4-6-15(7-5-14)19-13-26-21(23-19)17(12-22)10-16-8-9-18(24-2)11-20(16)25-3/h4-11,13H,1-3H3/b17-10-. The fourth-order valence-electron chi connectivity index (χ4n) is 2.49. The van der Waals surface area contributed by atoms with Gasteiger partial charge in [-0.05, 0) is 25.1 Å². The summed E-state index contributed by atoms with van der Waals surface area (Å²) in [7, 11) is 3.20. The van der Waals surface area contributed by atoms with Crippen molar-refractivity contribution in [3.63, 3.8) is 0 Å². The van der Waals surface area contributed by atoms with Gasteiger partial charge in [-0.1, -0.05) is 29.8 Å². The van der Waals surface area contributed by atoms with Crippen LogP contribution < -0.4 is 9.47 Å². The second kappa shape index (κ2) is 7.85. The number of nitriles is 1. The van der Waals surface area contributed by atoms with E-state index in [4.69, 9.17) is 9.47 Å². The van der Waals surface area contributed by atoms with E-state index in [-0.39, 0.29) is 0 Å². The van der Waals surface area contributed by atoms with Crippen LogP contribution in [0.1, 0.15) is 16.1 Å². The Morgan fingerprint density at radius 3 is 2.54 bits per heavy atom. The lowest BCUT2D eigenvalue weighted by atomic mass is 10.1. The molecule has 0 N–H and O–H groups in total. The van der Waals surface area contributed by atoms with Crippen LogP contribution in [0.4, 0.5) is 0 Å². The predicted octanol–water partition coefficient (Wildman–Crippen LogP) is 5.20. The second-order valence-electron chi connectivity index (χ2n) is 5.68. The molecule has 3 rings (SSSR count). The third-order valence-corrected chi connectivity index (χ3v) is 4.82. The Morgan fingerprint density at radius 1 is 1.12 bits per heavy atom. The van der Waals surface area contributed by atoms with Gasteiger partial charge in [0.1, 0.15) is 22.6 Å². The van der Waals surface area contributed by atoms with Crippen molar-refractivity contribution in [2.45, 2.75) is 6.92 Å². The molecule has 0 amide bonds. The molecule has 1 heterocycles. The monoisotopic (exact) mass is 362 g/mol. The average Bonchev–Trinajstić information content (AvgIpc) is 3.16. The highest BCUT2D eigenvalue weighted by Crippen LogP contribution is 2.31. The van der Waals surface area contributed by atoms with Gasteiger partial charge in [-0.15, -0.1) is 11.3 Å². The molecule has 0 saturated heterocycles. The Morgan fingerprint density at radius 2 is 1.88 bits per heavy atom. The van der Waals surface area contributed by atoms with Crippen LogP contribution in [0.3, 0.4) is 0 Å². The van der Waals surface area contributed by atoms with Crippen molar-refractivity contribution in [2.24, 2.45) is 0 Å². The maximum Gasteiger partial charge on any atom is 0.134 e. The van der Waals surface area contributed by atoms with Crippen LogP contribution in [0.5, 0.6) is 11.5 Å². The number of hydrogen-bond donors (Lipinski definition) is 0. The first-order chi connectivity index (χ1) is 12.6. The molecule has 26 heavy (non-hydrogen) atoms. The number of thiazole rings is 1. The quantitative estimate of drug-likeness (QED) is 0.585. The zero-order valence-corrected chi connectivity index (χ0v) is 15.6. The van der Waals surface area contributed by atoms with E-state index in [2.05, 4.69) is 30.1 Å². The number of aromatic nitrogens is 1. The van der Waals surface area contributed by atoms with Crippen molar-refractivity contribution in [2.75, 3.05) is 14.2 Å². The van der Waals surface area contributed by atoms with Crippen LogP contribution in [0, 0.1) is 18.3 Å². The first-order valence-electron chi connectivity index (χ1n) is 8.01. The van der Waals surface area contributed by atoms with Gasteiger partial charge in [0.05, 0.1) is 25.5 Å². The number of aryl methyl sites for hydroxylation is 1. The Bertz CT molecular complexity index is 982. The summed E-state index contributed by atoms with van der Waals surface area (Å²) < 4.78 is 10.6. The van der Waals surface area contributed by atoms with Gasteiger partial charge in [0.2, 0.25) is 0 Å². The molecule has 0 fully saturated rings. The SMILES string of the molecule is COc1ccc(/C=C(/C#N)c2nc(-c3ccc(C)cc3)cs2)c(OC)c1. The minimum atomic E-state index is 0.497. The number of nitrogens with zero attached hydrogens (tertiary/aromatic N) is 2. The number of methoxy groups -OCH3 is 2. The van der Waals surface area contributed by atoms with E-state index in [0.29, 0.717) is 22.1 Å². The molecule has 0 aliphatic rings. The van der Waals surface area contributed by atoms with Gasteiger partial charge >= 0.3 is 0 Å². The Labute approximate surface area is 157 Å². The van der Waals surface area contributed by atoms with Crippen LogP contribution in [-0.4, -0.2) is 19.2 Å². The fourth-order valence-corrected chi connectivity index (χ4v) is 3.28. The van der Waals surface area contributed by atoms with Gasteiger partial charge in [-0.3, -0.25) is 0 Å². The minimum Gasteiger partial charge on any atom is -0.497 e. The zero-order chi connectivity index (χ0) is 18.5. The van der Waals surface area contributed by atoms with E-state index in [0.717, 1.165) is 16.8 Å². The number of allylic oxidation sites excluding steroid dienone is 1. The molecule has 0 saturated carbocycles. The average molecular weight is 362 g/mol. The molecule has 130 valence electrons. The van der Waals surface area contributed by atoms with E-state index < -0.39 is 0 Å². The normalized spacial score (nSPS) is 11.1. The van der Waals surface area contributed by atoms with Crippen molar-refractivity contribution in [3.05, 3.63) is 64.0 Å². The molecular formula is C21H18N2O2S. The highest BCUT2D eigenvalue weighted by molar-refractivity contribution is 7.11. The van der Waals surface area contributed by atoms with Crippen LogP contribution in [-0.2, 0) is 0 Å². The molecule has 5 heteroatoms. The summed E-state index contributed by atoms with van der Waals surface area (Å²) in [5, 5.41) is 12.3. The van der Waals surface area contributed by atoms with E-state index >= 15 is 0 Å². The second-order valence-corrected chi connectivity index (χ2v) is 6.54. The largest absolute Gasteiger partial charge is 0.497 e. The molecule has 0 unspecified atom stereocenters. The molecule has 0 aliphatic carbocycles. The van der Waals surface area contributed by atoms with Gasteiger partial charge in [-0.2, -0.15) is 5.26 Å². The van der Waals surface area contributed by atoms with Gasteiger partial charge < -0.3 is 9.47 Å². The van der Waals surface area contributed by atoms with Crippen LogP contribution in [0.25, 0.3) is 22.9 Å². The fraction of sp³-hybridized carbons (Fsp3) is 0.143. The highest BCUT2D eigenvalue weighted by atomic mass is 32.1. The van der Waals surface area contributed by atoms with Crippen LogP contribution >= 0.6 is 11.3 Å².